The number of aromatic amines is 1. The predicted molar refractivity (Wildman–Crippen MR) is 101 cm³/mol. The summed E-state index contributed by atoms with van der Waals surface area (Å²) in [6.07, 6.45) is 4.10. The molecular formula is C18H23N5O3S. The Morgan fingerprint density at radius 2 is 2.07 bits per heavy atom. The number of nitrogens with zero attached hydrogens (tertiary/aromatic N) is 4. The summed E-state index contributed by atoms with van der Waals surface area (Å²) in [5.41, 5.74) is 1.72. The van der Waals surface area contributed by atoms with E-state index in [1.54, 1.807) is 35.5 Å². The van der Waals surface area contributed by atoms with E-state index < -0.39 is 10.0 Å². The second-order valence-electron chi connectivity index (χ2n) is 7.05. The fraction of sp³-hybridized carbons (Fsp3) is 0.444. The molecule has 1 amide bonds. The minimum Gasteiger partial charge on any atom is -0.347 e. The number of fused-ring (bicyclic) bond motifs is 1. The van der Waals surface area contributed by atoms with Crippen molar-refractivity contribution in [3.05, 3.63) is 42.0 Å². The quantitative estimate of drug-likeness (QED) is 0.846. The van der Waals surface area contributed by atoms with Crippen LogP contribution in [0.2, 0.25) is 0 Å². The average molecular weight is 389 g/mol. The highest BCUT2D eigenvalue weighted by atomic mass is 32.2. The van der Waals surface area contributed by atoms with Crippen molar-refractivity contribution in [3.63, 3.8) is 0 Å². The Hall–Kier alpha value is -2.23. The van der Waals surface area contributed by atoms with E-state index in [0.29, 0.717) is 32.6 Å². The molecule has 2 aliphatic rings. The Labute approximate surface area is 158 Å². The number of anilines is 1. The van der Waals surface area contributed by atoms with Crippen LogP contribution in [0, 0.1) is 0 Å². The maximum absolute atomic E-state index is 13.2. The summed E-state index contributed by atoms with van der Waals surface area (Å²) in [5, 5.41) is 0. The first-order valence-electron chi connectivity index (χ1n) is 8.98. The van der Waals surface area contributed by atoms with Gasteiger partial charge in [0.2, 0.25) is 15.9 Å². The van der Waals surface area contributed by atoms with Crippen LogP contribution in [0.25, 0.3) is 0 Å². The normalized spacial score (nSPS) is 21.4. The summed E-state index contributed by atoms with van der Waals surface area (Å²) in [6.45, 7) is 3.55. The predicted octanol–water partition coefficient (Wildman–Crippen LogP) is 0.996. The summed E-state index contributed by atoms with van der Waals surface area (Å²) >= 11 is 0. The minimum absolute atomic E-state index is 0.0234. The molecule has 1 saturated heterocycles. The Bertz CT molecular complexity index is 957. The third-order valence-electron chi connectivity index (χ3n) is 5.41. The van der Waals surface area contributed by atoms with Gasteiger partial charge in [0.15, 0.2) is 0 Å². The number of hydrogen-bond donors (Lipinski definition) is 1. The smallest absolute Gasteiger partial charge is 0.243 e. The molecule has 0 bridgehead atoms. The van der Waals surface area contributed by atoms with E-state index in [4.69, 9.17) is 0 Å². The average Bonchev–Trinajstić information content (AvgIpc) is 3.31. The second-order valence-corrected chi connectivity index (χ2v) is 8.98. The van der Waals surface area contributed by atoms with Crippen molar-refractivity contribution in [3.8, 4) is 0 Å². The molecule has 1 fully saturated rings. The zero-order chi connectivity index (χ0) is 19.2. The molecule has 3 heterocycles. The molecule has 1 aromatic heterocycles. The van der Waals surface area contributed by atoms with E-state index in [0.717, 1.165) is 17.1 Å². The fourth-order valence-electron chi connectivity index (χ4n) is 3.84. The van der Waals surface area contributed by atoms with E-state index in [2.05, 4.69) is 14.9 Å². The van der Waals surface area contributed by atoms with Gasteiger partial charge in [0.05, 0.1) is 10.9 Å². The molecule has 1 aromatic carbocycles. The minimum atomic E-state index is -3.61. The van der Waals surface area contributed by atoms with E-state index in [9.17, 15) is 13.2 Å². The third kappa shape index (κ3) is 3.15. The van der Waals surface area contributed by atoms with E-state index in [1.807, 2.05) is 7.05 Å². The van der Waals surface area contributed by atoms with Gasteiger partial charge in [-0.1, -0.05) is 0 Å². The number of likely N-dealkylation sites (N-methyl/N-ethyl adjacent to an activating group) is 1. The summed E-state index contributed by atoms with van der Waals surface area (Å²) in [5.74, 6) is 0.744. The molecule has 27 heavy (non-hydrogen) atoms. The van der Waals surface area contributed by atoms with Crippen LogP contribution in [-0.2, 0) is 21.2 Å². The first-order valence-corrected chi connectivity index (χ1v) is 10.4. The monoisotopic (exact) mass is 389 g/mol. The van der Waals surface area contributed by atoms with Gasteiger partial charge in [-0.25, -0.2) is 13.4 Å². The van der Waals surface area contributed by atoms with Gasteiger partial charge in [-0.3, -0.25) is 9.69 Å². The lowest BCUT2D eigenvalue weighted by atomic mass is 10.2. The number of piperazine rings is 1. The SMILES string of the molecule is CC(=O)N1CCc2cc(S(=O)(=O)N3CCN(C)[C@@H](c4ncc[nH]4)C3)ccc21. The number of aromatic nitrogens is 2. The number of imidazole rings is 1. The molecule has 0 aliphatic carbocycles. The Kier molecular flexibility index (Phi) is 4.53. The number of hydrogen-bond acceptors (Lipinski definition) is 5. The third-order valence-corrected chi connectivity index (χ3v) is 7.27. The second kappa shape index (κ2) is 6.74. The van der Waals surface area contributed by atoms with Crippen LogP contribution in [-0.4, -0.2) is 66.7 Å². The summed E-state index contributed by atoms with van der Waals surface area (Å²) in [4.78, 5) is 23.2. The van der Waals surface area contributed by atoms with Crippen molar-refractivity contribution in [1.82, 2.24) is 19.2 Å². The lowest BCUT2D eigenvalue weighted by Crippen LogP contribution is -2.49. The molecule has 8 nitrogen and oxygen atoms in total. The fourth-order valence-corrected chi connectivity index (χ4v) is 5.33. The van der Waals surface area contributed by atoms with Crippen molar-refractivity contribution >= 4 is 21.6 Å². The highest BCUT2D eigenvalue weighted by Gasteiger charge is 2.35. The number of nitrogens with one attached hydrogen (secondary N) is 1. The highest BCUT2D eigenvalue weighted by molar-refractivity contribution is 7.89. The van der Waals surface area contributed by atoms with Gasteiger partial charge in [0, 0.05) is 51.2 Å². The molecule has 0 unspecified atom stereocenters. The maximum Gasteiger partial charge on any atom is 0.243 e. The van der Waals surface area contributed by atoms with Crippen molar-refractivity contribution in [2.45, 2.75) is 24.3 Å². The maximum atomic E-state index is 13.2. The lowest BCUT2D eigenvalue weighted by Gasteiger charge is -2.37. The molecule has 0 saturated carbocycles. The van der Waals surface area contributed by atoms with Crippen molar-refractivity contribution in [2.75, 3.05) is 38.1 Å². The molecule has 0 radical (unpaired) electrons. The number of H-pyrrole nitrogens is 1. The van der Waals surface area contributed by atoms with Crippen LogP contribution in [0.1, 0.15) is 24.4 Å². The van der Waals surface area contributed by atoms with Crippen LogP contribution in [0.15, 0.2) is 35.5 Å². The van der Waals surface area contributed by atoms with E-state index >= 15 is 0 Å². The molecule has 1 atom stereocenters. The van der Waals surface area contributed by atoms with Crippen molar-refractivity contribution < 1.29 is 13.2 Å². The van der Waals surface area contributed by atoms with E-state index in [1.165, 1.54) is 11.2 Å². The van der Waals surface area contributed by atoms with E-state index in [-0.39, 0.29) is 16.8 Å². The van der Waals surface area contributed by atoms with Gasteiger partial charge in [-0.15, -0.1) is 0 Å². The van der Waals surface area contributed by atoms with Crippen LogP contribution < -0.4 is 4.90 Å². The highest BCUT2D eigenvalue weighted by Crippen LogP contribution is 2.32. The summed E-state index contributed by atoms with van der Waals surface area (Å²) < 4.78 is 28.0. The largest absolute Gasteiger partial charge is 0.347 e. The molecule has 2 aliphatic heterocycles. The summed E-state index contributed by atoms with van der Waals surface area (Å²) in [7, 11) is -1.63. The van der Waals surface area contributed by atoms with Gasteiger partial charge in [-0.2, -0.15) is 4.31 Å². The number of sulfonamides is 1. The molecule has 2 aromatic rings. The van der Waals surface area contributed by atoms with Gasteiger partial charge < -0.3 is 9.88 Å². The van der Waals surface area contributed by atoms with Gasteiger partial charge in [0.1, 0.15) is 5.82 Å². The zero-order valence-electron chi connectivity index (χ0n) is 15.4. The van der Waals surface area contributed by atoms with Crippen LogP contribution in [0.3, 0.4) is 0 Å². The van der Waals surface area contributed by atoms with Crippen LogP contribution in [0.4, 0.5) is 5.69 Å². The first kappa shape index (κ1) is 18.1. The van der Waals surface area contributed by atoms with Crippen LogP contribution in [0.5, 0.6) is 0 Å². The Morgan fingerprint density at radius 3 is 2.78 bits per heavy atom. The van der Waals surface area contributed by atoms with Crippen molar-refractivity contribution in [2.24, 2.45) is 0 Å². The lowest BCUT2D eigenvalue weighted by molar-refractivity contribution is -0.116. The van der Waals surface area contributed by atoms with Crippen molar-refractivity contribution in [1.29, 1.82) is 0 Å². The standard InChI is InChI=1S/C18H23N5O3S/c1-13(24)23-8-5-14-11-15(3-4-16(14)23)27(25,26)22-10-9-21(2)17(12-22)18-19-6-7-20-18/h3-4,6-7,11,17H,5,8-10,12H2,1-2H3,(H,19,20)/t17-/m1/s1. The number of rotatable bonds is 3. The first-order chi connectivity index (χ1) is 12.9. The van der Waals surface area contributed by atoms with Gasteiger partial charge in [-0.05, 0) is 37.2 Å². The number of carbonyl (C=O) groups is 1. The molecule has 1 N–H and O–H groups in total. The molecule has 4 rings (SSSR count). The van der Waals surface area contributed by atoms with Gasteiger partial charge >= 0.3 is 0 Å². The molecule has 144 valence electrons. The number of amides is 1. The summed E-state index contributed by atoms with van der Waals surface area (Å²) in [6, 6.07) is 4.96. The topological polar surface area (TPSA) is 89.6 Å². The Morgan fingerprint density at radius 1 is 1.26 bits per heavy atom. The van der Waals surface area contributed by atoms with Gasteiger partial charge in [0.25, 0.3) is 0 Å². The molecule has 9 heteroatoms. The molecular weight excluding hydrogens is 366 g/mol. The Balaban J connectivity index is 1.61. The zero-order valence-corrected chi connectivity index (χ0v) is 16.2. The van der Waals surface area contributed by atoms with Crippen LogP contribution >= 0.6 is 0 Å². The number of carbonyl (C=O) groups excluding carboxylic acids is 1. The molecule has 0 spiro atoms. The number of benzene rings is 1.